The molecule has 1 aliphatic carbocycles. The summed E-state index contributed by atoms with van der Waals surface area (Å²) in [6, 6.07) is 16.0. The highest BCUT2D eigenvalue weighted by atomic mass is 16.1. The number of nitrogens with zero attached hydrogens (tertiary/aromatic N) is 2. The van der Waals surface area contributed by atoms with Crippen molar-refractivity contribution in [3.05, 3.63) is 65.5 Å². The minimum atomic E-state index is -0.0467. The number of rotatable bonds is 6. The Morgan fingerprint density at radius 3 is 2.75 bits per heavy atom. The highest BCUT2D eigenvalue weighted by Crippen LogP contribution is 2.27. The molecular formula is C24H29N3O. The molecule has 4 nitrogen and oxygen atoms in total. The fourth-order valence-corrected chi connectivity index (χ4v) is 4.35. The Balaban J connectivity index is 1.50. The molecule has 4 rings (SSSR count). The van der Waals surface area contributed by atoms with Gasteiger partial charge in [-0.25, -0.2) is 4.98 Å². The molecule has 3 aromatic rings. The lowest BCUT2D eigenvalue weighted by Crippen LogP contribution is -2.25. The van der Waals surface area contributed by atoms with E-state index in [0.29, 0.717) is 12.1 Å². The number of fused-ring (bicyclic) bond motifs is 1. The molecule has 2 aromatic carbocycles. The Morgan fingerprint density at radius 1 is 1.11 bits per heavy atom. The molecule has 1 amide bonds. The van der Waals surface area contributed by atoms with Crippen LogP contribution in [0.3, 0.4) is 0 Å². The predicted octanol–water partition coefficient (Wildman–Crippen LogP) is 5.25. The highest BCUT2D eigenvalue weighted by molar-refractivity contribution is 5.94. The van der Waals surface area contributed by atoms with Gasteiger partial charge in [-0.05, 0) is 43.5 Å². The van der Waals surface area contributed by atoms with E-state index in [1.165, 1.54) is 38.5 Å². The first kappa shape index (κ1) is 18.7. The smallest absolute Gasteiger partial charge is 0.251 e. The van der Waals surface area contributed by atoms with Gasteiger partial charge in [0.15, 0.2) is 0 Å². The number of hydrogen-bond acceptors (Lipinski definition) is 2. The summed E-state index contributed by atoms with van der Waals surface area (Å²) in [7, 11) is 0. The van der Waals surface area contributed by atoms with E-state index in [4.69, 9.17) is 4.98 Å². The second-order valence-corrected chi connectivity index (χ2v) is 8.01. The van der Waals surface area contributed by atoms with Gasteiger partial charge in [0.2, 0.25) is 0 Å². The molecule has 0 aliphatic heterocycles. The molecule has 1 aliphatic rings. The summed E-state index contributed by atoms with van der Waals surface area (Å²) in [4.78, 5) is 17.4. The van der Waals surface area contributed by atoms with Crippen LogP contribution in [0.4, 0.5) is 0 Å². The first-order valence-corrected chi connectivity index (χ1v) is 10.5. The summed E-state index contributed by atoms with van der Waals surface area (Å²) in [6.45, 7) is 3.43. The number of aryl methyl sites for hydroxylation is 2. The number of carbonyl (C=O) groups excluding carboxylic acids is 1. The van der Waals surface area contributed by atoms with E-state index in [-0.39, 0.29) is 5.91 Å². The number of aromatic nitrogens is 2. The van der Waals surface area contributed by atoms with E-state index >= 15 is 0 Å². The molecule has 1 N–H and O–H groups in total. The third kappa shape index (κ3) is 4.27. The van der Waals surface area contributed by atoms with Crippen LogP contribution in [0, 0.1) is 12.8 Å². The molecule has 1 heterocycles. The van der Waals surface area contributed by atoms with Gasteiger partial charge in [-0.3, -0.25) is 4.79 Å². The molecule has 0 atom stereocenters. The topological polar surface area (TPSA) is 46.9 Å². The van der Waals surface area contributed by atoms with Crippen molar-refractivity contribution in [2.45, 2.75) is 58.5 Å². The summed E-state index contributed by atoms with van der Waals surface area (Å²) in [5, 5.41) is 3.06. The van der Waals surface area contributed by atoms with Gasteiger partial charge in [0.1, 0.15) is 5.82 Å². The van der Waals surface area contributed by atoms with Crippen LogP contribution in [-0.2, 0) is 13.1 Å². The van der Waals surface area contributed by atoms with E-state index in [9.17, 15) is 4.79 Å². The van der Waals surface area contributed by atoms with Crippen molar-refractivity contribution in [3.63, 3.8) is 0 Å². The summed E-state index contributed by atoms with van der Waals surface area (Å²) in [6.07, 6.45) is 8.03. The van der Waals surface area contributed by atoms with Crippen LogP contribution in [0.1, 0.15) is 60.3 Å². The zero-order valence-electron chi connectivity index (χ0n) is 16.7. The van der Waals surface area contributed by atoms with Gasteiger partial charge in [-0.15, -0.1) is 0 Å². The maximum absolute atomic E-state index is 12.6. The number of imidazole rings is 1. The molecular weight excluding hydrogens is 346 g/mol. The van der Waals surface area contributed by atoms with E-state index in [0.717, 1.165) is 34.9 Å². The first-order chi connectivity index (χ1) is 13.7. The lowest BCUT2D eigenvalue weighted by molar-refractivity contribution is 0.0949. The van der Waals surface area contributed by atoms with Gasteiger partial charge < -0.3 is 9.88 Å². The number of carbonyl (C=O) groups is 1. The second-order valence-electron chi connectivity index (χ2n) is 8.01. The fraction of sp³-hybridized carbons (Fsp3) is 0.417. The third-order valence-corrected chi connectivity index (χ3v) is 5.91. The molecule has 0 radical (unpaired) electrons. The van der Waals surface area contributed by atoms with E-state index in [1.807, 2.05) is 37.3 Å². The zero-order valence-corrected chi connectivity index (χ0v) is 16.7. The minimum Gasteiger partial charge on any atom is -0.345 e. The van der Waals surface area contributed by atoms with Crippen molar-refractivity contribution in [1.29, 1.82) is 0 Å². The monoisotopic (exact) mass is 375 g/mol. The maximum Gasteiger partial charge on any atom is 0.251 e. The van der Waals surface area contributed by atoms with E-state index in [2.05, 4.69) is 28.1 Å². The Labute approximate surface area is 167 Å². The van der Waals surface area contributed by atoms with Crippen molar-refractivity contribution in [2.24, 2.45) is 5.92 Å². The molecule has 1 aromatic heterocycles. The van der Waals surface area contributed by atoms with Gasteiger partial charge in [-0.2, -0.15) is 0 Å². The Bertz CT molecular complexity index is 953. The lowest BCUT2D eigenvalue weighted by Gasteiger charge is -2.22. The minimum absolute atomic E-state index is 0.0467. The largest absolute Gasteiger partial charge is 0.345 e. The van der Waals surface area contributed by atoms with Gasteiger partial charge in [-0.1, -0.05) is 61.9 Å². The standard InChI is InChI=1S/C24H29N3O/c1-18-8-7-11-20(16-18)24(28)25-17-23-26-21-12-5-6-13-22(21)27(23)15-14-19-9-3-2-4-10-19/h5-8,11-13,16,19H,2-4,9-10,14-15,17H2,1H3,(H,25,28). The number of amides is 1. The fourth-order valence-electron chi connectivity index (χ4n) is 4.35. The van der Waals surface area contributed by atoms with Crippen molar-refractivity contribution < 1.29 is 4.79 Å². The average Bonchev–Trinajstić information content (AvgIpc) is 3.08. The Kier molecular flexibility index (Phi) is 5.75. The molecule has 0 unspecified atom stereocenters. The Morgan fingerprint density at radius 2 is 1.93 bits per heavy atom. The van der Waals surface area contributed by atoms with E-state index < -0.39 is 0 Å². The molecule has 0 spiro atoms. The van der Waals surface area contributed by atoms with Crippen LogP contribution in [0.15, 0.2) is 48.5 Å². The summed E-state index contributed by atoms with van der Waals surface area (Å²) >= 11 is 0. The Hall–Kier alpha value is -2.62. The molecule has 146 valence electrons. The van der Waals surface area contributed by atoms with E-state index in [1.54, 1.807) is 0 Å². The van der Waals surface area contributed by atoms with Gasteiger partial charge in [0, 0.05) is 12.1 Å². The van der Waals surface area contributed by atoms with Crippen molar-refractivity contribution in [2.75, 3.05) is 0 Å². The number of nitrogens with one attached hydrogen (secondary N) is 1. The number of benzene rings is 2. The van der Waals surface area contributed by atoms with Crippen LogP contribution < -0.4 is 5.32 Å². The summed E-state index contributed by atoms with van der Waals surface area (Å²) in [5.41, 5.74) is 3.96. The second kappa shape index (κ2) is 8.59. The van der Waals surface area contributed by atoms with Gasteiger partial charge in [0.25, 0.3) is 5.91 Å². The van der Waals surface area contributed by atoms with Crippen LogP contribution in [0.25, 0.3) is 11.0 Å². The predicted molar refractivity (Wildman–Crippen MR) is 113 cm³/mol. The van der Waals surface area contributed by atoms with Gasteiger partial charge in [0.05, 0.1) is 17.6 Å². The molecule has 1 saturated carbocycles. The third-order valence-electron chi connectivity index (χ3n) is 5.91. The SMILES string of the molecule is Cc1cccc(C(=O)NCc2nc3ccccc3n2CCC2CCCCC2)c1. The van der Waals surface area contributed by atoms with Crippen molar-refractivity contribution in [3.8, 4) is 0 Å². The first-order valence-electron chi connectivity index (χ1n) is 10.5. The average molecular weight is 376 g/mol. The summed E-state index contributed by atoms with van der Waals surface area (Å²) < 4.78 is 2.31. The normalized spacial score (nSPS) is 15.0. The quantitative estimate of drug-likeness (QED) is 0.640. The molecule has 4 heteroatoms. The lowest BCUT2D eigenvalue weighted by atomic mass is 9.87. The van der Waals surface area contributed by atoms with Crippen molar-refractivity contribution in [1.82, 2.24) is 14.9 Å². The highest BCUT2D eigenvalue weighted by Gasteiger charge is 2.16. The van der Waals surface area contributed by atoms with Crippen LogP contribution in [0.5, 0.6) is 0 Å². The summed E-state index contributed by atoms with van der Waals surface area (Å²) in [5.74, 6) is 1.72. The molecule has 1 fully saturated rings. The number of hydrogen-bond donors (Lipinski definition) is 1. The van der Waals surface area contributed by atoms with Crippen LogP contribution >= 0.6 is 0 Å². The van der Waals surface area contributed by atoms with Crippen LogP contribution in [0.2, 0.25) is 0 Å². The molecule has 28 heavy (non-hydrogen) atoms. The van der Waals surface area contributed by atoms with Crippen molar-refractivity contribution >= 4 is 16.9 Å². The van der Waals surface area contributed by atoms with Crippen LogP contribution in [-0.4, -0.2) is 15.5 Å². The molecule has 0 bridgehead atoms. The van der Waals surface area contributed by atoms with Gasteiger partial charge >= 0.3 is 0 Å². The maximum atomic E-state index is 12.6. The number of para-hydroxylation sites is 2. The zero-order chi connectivity index (χ0) is 19.3. The molecule has 0 saturated heterocycles.